The van der Waals surface area contributed by atoms with Crippen molar-refractivity contribution in [1.82, 2.24) is 10.6 Å². The van der Waals surface area contributed by atoms with Gasteiger partial charge in [-0.1, -0.05) is 44.2 Å². The molecule has 4 heteroatoms. The van der Waals surface area contributed by atoms with Crippen molar-refractivity contribution >= 4 is 5.96 Å². The van der Waals surface area contributed by atoms with E-state index in [1.54, 1.807) is 0 Å². The Hall–Kier alpha value is -1.55. The Labute approximate surface area is 146 Å². The molecule has 3 unspecified atom stereocenters. The monoisotopic (exact) mass is 329 g/mol. The Morgan fingerprint density at radius 1 is 1.25 bits per heavy atom. The summed E-state index contributed by atoms with van der Waals surface area (Å²) in [5.74, 6) is 0.930. The van der Waals surface area contributed by atoms with Crippen LogP contribution in [-0.4, -0.2) is 37.3 Å². The molecule has 2 aliphatic rings. The molecule has 0 aliphatic carbocycles. The highest BCUT2D eigenvalue weighted by Crippen LogP contribution is 2.34. The number of hydrogen-bond acceptors (Lipinski definition) is 2. The molecule has 132 valence electrons. The van der Waals surface area contributed by atoms with Crippen LogP contribution in [0.25, 0.3) is 0 Å². The van der Waals surface area contributed by atoms with Crippen LogP contribution >= 0.6 is 0 Å². The molecule has 2 heterocycles. The first-order valence-electron chi connectivity index (χ1n) is 9.30. The summed E-state index contributed by atoms with van der Waals surface area (Å²) in [7, 11) is 0. The normalized spacial score (nSPS) is 26.6. The Kier molecular flexibility index (Phi) is 5.44. The first-order chi connectivity index (χ1) is 11.6. The highest BCUT2D eigenvalue weighted by atomic mass is 16.5. The molecule has 3 atom stereocenters. The summed E-state index contributed by atoms with van der Waals surface area (Å²) in [6.07, 6.45) is 5.39. The van der Waals surface area contributed by atoms with Crippen LogP contribution in [0.15, 0.2) is 35.3 Å². The first-order valence-corrected chi connectivity index (χ1v) is 9.30. The highest BCUT2D eigenvalue weighted by molar-refractivity contribution is 5.80. The molecule has 4 nitrogen and oxygen atoms in total. The minimum atomic E-state index is 0.134. The average molecular weight is 329 g/mol. The van der Waals surface area contributed by atoms with E-state index in [4.69, 9.17) is 9.73 Å². The summed E-state index contributed by atoms with van der Waals surface area (Å²) in [6, 6.07) is 11.1. The van der Waals surface area contributed by atoms with E-state index >= 15 is 0 Å². The summed E-state index contributed by atoms with van der Waals surface area (Å²) < 4.78 is 5.94. The SMILES string of the molecule is CCNC(=NCC(C)(C)Cc1ccccc1)NC1CC2CCC1O2. The molecule has 2 bridgehead atoms. The van der Waals surface area contributed by atoms with Crippen LogP contribution in [0.1, 0.15) is 45.6 Å². The number of benzene rings is 1. The molecular formula is C20H31N3O. The van der Waals surface area contributed by atoms with Gasteiger partial charge in [-0.05, 0) is 43.6 Å². The lowest BCUT2D eigenvalue weighted by atomic mass is 9.86. The predicted molar refractivity (Wildman–Crippen MR) is 99.3 cm³/mol. The summed E-state index contributed by atoms with van der Waals surface area (Å²) in [4.78, 5) is 4.87. The summed E-state index contributed by atoms with van der Waals surface area (Å²) in [6.45, 7) is 8.37. The molecule has 0 aromatic heterocycles. The number of ether oxygens (including phenoxy) is 1. The zero-order valence-electron chi connectivity index (χ0n) is 15.2. The van der Waals surface area contributed by atoms with E-state index in [-0.39, 0.29) is 5.41 Å². The average Bonchev–Trinajstić information content (AvgIpc) is 3.16. The number of nitrogens with one attached hydrogen (secondary N) is 2. The van der Waals surface area contributed by atoms with Gasteiger partial charge in [0.25, 0.3) is 0 Å². The second kappa shape index (κ2) is 7.56. The number of fused-ring (bicyclic) bond motifs is 2. The van der Waals surface area contributed by atoms with Gasteiger partial charge in [-0.25, -0.2) is 0 Å². The molecule has 2 aliphatic heterocycles. The van der Waals surface area contributed by atoms with Crippen LogP contribution in [-0.2, 0) is 11.2 Å². The third-order valence-corrected chi connectivity index (χ3v) is 4.96. The quantitative estimate of drug-likeness (QED) is 0.622. The van der Waals surface area contributed by atoms with E-state index in [2.05, 4.69) is 61.7 Å². The van der Waals surface area contributed by atoms with Gasteiger partial charge < -0.3 is 15.4 Å². The lowest BCUT2D eigenvalue weighted by Gasteiger charge is -2.25. The minimum absolute atomic E-state index is 0.134. The third kappa shape index (κ3) is 4.50. The van der Waals surface area contributed by atoms with E-state index in [1.807, 2.05) is 0 Å². The Balaban J connectivity index is 1.58. The molecular weight excluding hydrogens is 298 g/mol. The Morgan fingerprint density at radius 3 is 2.67 bits per heavy atom. The largest absolute Gasteiger partial charge is 0.373 e. The van der Waals surface area contributed by atoms with Gasteiger partial charge in [0, 0.05) is 13.1 Å². The van der Waals surface area contributed by atoms with Gasteiger partial charge in [0.05, 0.1) is 18.2 Å². The van der Waals surface area contributed by atoms with Gasteiger partial charge in [-0.15, -0.1) is 0 Å². The summed E-state index contributed by atoms with van der Waals surface area (Å²) in [5, 5.41) is 6.99. The van der Waals surface area contributed by atoms with Crippen LogP contribution in [0.4, 0.5) is 0 Å². The highest BCUT2D eigenvalue weighted by Gasteiger charge is 2.41. The molecule has 0 spiro atoms. The van der Waals surface area contributed by atoms with Gasteiger partial charge >= 0.3 is 0 Å². The fourth-order valence-electron chi connectivity index (χ4n) is 3.78. The van der Waals surface area contributed by atoms with Crippen molar-refractivity contribution in [2.45, 2.75) is 64.7 Å². The second-order valence-electron chi connectivity index (χ2n) is 7.88. The lowest BCUT2D eigenvalue weighted by Crippen LogP contribution is -2.47. The topological polar surface area (TPSA) is 45.7 Å². The van der Waals surface area contributed by atoms with Crippen LogP contribution in [0, 0.1) is 5.41 Å². The molecule has 1 aromatic rings. The summed E-state index contributed by atoms with van der Waals surface area (Å²) >= 11 is 0. The molecule has 3 rings (SSSR count). The van der Waals surface area contributed by atoms with Crippen molar-refractivity contribution in [2.24, 2.45) is 10.4 Å². The number of aliphatic imine (C=N–C) groups is 1. The molecule has 2 fully saturated rings. The fourth-order valence-corrected chi connectivity index (χ4v) is 3.78. The number of rotatable bonds is 6. The van der Waals surface area contributed by atoms with Crippen molar-refractivity contribution < 1.29 is 4.74 Å². The number of nitrogens with zero attached hydrogens (tertiary/aromatic N) is 1. The van der Waals surface area contributed by atoms with Gasteiger partial charge in [0.1, 0.15) is 0 Å². The molecule has 0 radical (unpaired) electrons. The fraction of sp³-hybridized carbons (Fsp3) is 0.650. The van der Waals surface area contributed by atoms with Crippen LogP contribution in [0.2, 0.25) is 0 Å². The van der Waals surface area contributed by atoms with Gasteiger partial charge in [0.2, 0.25) is 0 Å². The van der Waals surface area contributed by atoms with E-state index in [0.717, 1.165) is 31.9 Å². The van der Waals surface area contributed by atoms with Crippen LogP contribution in [0.3, 0.4) is 0 Å². The van der Waals surface area contributed by atoms with E-state index < -0.39 is 0 Å². The smallest absolute Gasteiger partial charge is 0.191 e. The minimum Gasteiger partial charge on any atom is -0.373 e. The van der Waals surface area contributed by atoms with Crippen molar-refractivity contribution in [3.63, 3.8) is 0 Å². The first kappa shape index (κ1) is 17.3. The van der Waals surface area contributed by atoms with E-state index in [9.17, 15) is 0 Å². The van der Waals surface area contributed by atoms with Crippen molar-refractivity contribution in [1.29, 1.82) is 0 Å². The van der Waals surface area contributed by atoms with Crippen molar-refractivity contribution in [3.05, 3.63) is 35.9 Å². The number of guanidine groups is 1. The lowest BCUT2D eigenvalue weighted by molar-refractivity contribution is 0.0992. The maximum absolute atomic E-state index is 5.94. The van der Waals surface area contributed by atoms with Crippen molar-refractivity contribution in [3.8, 4) is 0 Å². The maximum Gasteiger partial charge on any atom is 0.191 e. The summed E-state index contributed by atoms with van der Waals surface area (Å²) in [5.41, 5.74) is 1.51. The maximum atomic E-state index is 5.94. The standard InChI is InChI=1S/C20H31N3O/c1-4-21-19(23-17-12-16-10-11-18(17)24-16)22-14-20(2,3)13-15-8-6-5-7-9-15/h5-9,16-18H,4,10-14H2,1-3H3,(H2,21,22,23). The van der Waals surface area contributed by atoms with Crippen molar-refractivity contribution in [2.75, 3.05) is 13.1 Å². The van der Waals surface area contributed by atoms with E-state index in [1.165, 1.54) is 18.4 Å². The third-order valence-electron chi connectivity index (χ3n) is 4.96. The van der Waals surface area contributed by atoms with Gasteiger partial charge in [-0.2, -0.15) is 0 Å². The second-order valence-corrected chi connectivity index (χ2v) is 7.88. The molecule has 2 saturated heterocycles. The number of hydrogen-bond donors (Lipinski definition) is 2. The molecule has 0 amide bonds. The van der Waals surface area contributed by atoms with Gasteiger partial charge in [0.15, 0.2) is 5.96 Å². The van der Waals surface area contributed by atoms with Gasteiger partial charge in [-0.3, -0.25) is 4.99 Å². The molecule has 24 heavy (non-hydrogen) atoms. The molecule has 1 aromatic carbocycles. The zero-order chi connectivity index (χ0) is 17.0. The Bertz CT molecular complexity index is 555. The predicted octanol–water partition coefficient (Wildman–Crippen LogP) is 3.13. The molecule has 2 N–H and O–H groups in total. The zero-order valence-corrected chi connectivity index (χ0v) is 15.2. The molecule has 0 saturated carbocycles. The Morgan fingerprint density at radius 2 is 2.04 bits per heavy atom. The van der Waals surface area contributed by atoms with Crippen LogP contribution < -0.4 is 10.6 Å². The van der Waals surface area contributed by atoms with E-state index in [0.29, 0.717) is 18.2 Å². The van der Waals surface area contributed by atoms with Crippen LogP contribution in [0.5, 0.6) is 0 Å².